The predicted molar refractivity (Wildman–Crippen MR) is 74.2 cm³/mol. The molecule has 0 aromatic heterocycles. The van der Waals surface area contributed by atoms with Crippen LogP contribution in [0, 0.1) is 18.2 Å². The second-order valence-electron chi connectivity index (χ2n) is 5.72. The molecule has 20 heavy (non-hydrogen) atoms. The van der Waals surface area contributed by atoms with Gasteiger partial charge in [0.05, 0.1) is 5.69 Å². The smallest absolute Gasteiger partial charge is 0.326 e. The highest BCUT2D eigenvalue weighted by Crippen LogP contribution is 2.20. The van der Waals surface area contributed by atoms with E-state index in [9.17, 15) is 14.0 Å². The van der Waals surface area contributed by atoms with Gasteiger partial charge in [-0.1, -0.05) is 26.8 Å². The molecule has 110 valence electrons. The number of carbonyl (C=O) groups excluding carboxylic acids is 1. The Balaban J connectivity index is 2.79. The van der Waals surface area contributed by atoms with Crippen molar-refractivity contribution in [2.75, 3.05) is 5.32 Å². The molecular formula is C14H19FN2O3. The Bertz CT molecular complexity index is 524. The summed E-state index contributed by atoms with van der Waals surface area (Å²) in [7, 11) is 0. The van der Waals surface area contributed by atoms with Gasteiger partial charge in [0, 0.05) is 0 Å². The molecule has 0 radical (unpaired) electrons. The molecule has 2 amide bonds. The Morgan fingerprint density at radius 2 is 1.90 bits per heavy atom. The topological polar surface area (TPSA) is 78.4 Å². The zero-order valence-corrected chi connectivity index (χ0v) is 12.0. The summed E-state index contributed by atoms with van der Waals surface area (Å²) in [6.07, 6.45) is 0. The lowest BCUT2D eigenvalue weighted by Gasteiger charge is -2.27. The molecule has 0 aliphatic heterocycles. The normalized spacial score (nSPS) is 12.7. The van der Waals surface area contributed by atoms with E-state index in [4.69, 9.17) is 5.11 Å². The third-order valence-corrected chi connectivity index (χ3v) is 2.76. The molecule has 0 aliphatic rings. The van der Waals surface area contributed by atoms with Gasteiger partial charge in [-0.05, 0) is 30.0 Å². The Labute approximate surface area is 117 Å². The van der Waals surface area contributed by atoms with E-state index in [0.29, 0.717) is 0 Å². The highest BCUT2D eigenvalue weighted by molar-refractivity contribution is 5.92. The third kappa shape index (κ3) is 4.22. The quantitative estimate of drug-likeness (QED) is 0.797. The summed E-state index contributed by atoms with van der Waals surface area (Å²) >= 11 is 0. The molecule has 0 aliphatic carbocycles. The standard InChI is InChI=1S/C14H19FN2O3/c1-8-5-6-10(9(15)7-8)16-13(20)17-11(12(18)19)14(2,3)4/h5-7,11H,1-4H3,(H,18,19)(H2,16,17,20)/t11-/m1/s1. The van der Waals surface area contributed by atoms with Crippen LogP contribution in [0.15, 0.2) is 18.2 Å². The Hall–Kier alpha value is -2.11. The maximum absolute atomic E-state index is 13.6. The summed E-state index contributed by atoms with van der Waals surface area (Å²) in [4.78, 5) is 22.9. The number of nitrogens with one attached hydrogen (secondary N) is 2. The van der Waals surface area contributed by atoms with Crippen molar-refractivity contribution in [1.29, 1.82) is 0 Å². The van der Waals surface area contributed by atoms with Crippen LogP contribution in [0.1, 0.15) is 26.3 Å². The van der Waals surface area contributed by atoms with Crippen molar-refractivity contribution < 1.29 is 19.1 Å². The van der Waals surface area contributed by atoms with Crippen molar-refractivity contribution in [1.82, 2.24) is 5.32 Å². The fourth-order valence-corrected chi connectivity index (χ4v) is 1.66. The summed E-state index contributed by atoms with van der Waals surface area (Å²) in [6, 6.07) is 2.54. The third-order valence-electron chi connectivity index (χ3n) is 2.76. The summed E-state index contributed by atoms with van der Waals surface area (Å²) in [5, 5.41) is 13.7. The molecular weight excluding hydrogens is 263 g/mol. The van der Waals surface area contributed by atoms with Crippen LogP contribution in [0.4, 0.5) is 14.9 Å². The Kier molecular flexibility index (Phi) is 4.70. The molecule has 6 heteroatoms. The first kappa shape index (κ1) is 15.9. The molecule has 0 bridgehead atoms. The van der Waals surface area contributed by atoms with E-state index in [2.05, 4.69) is 10.6 Å². The lowest BCUT2D eigenvalue weighted by atomic mass is 9.87. The van der Waals surface area contributed by atoms with Gasteiger partial charge in [0.25, 0.3) is 0 Å². The van der Waals surface area contributed by atoms with E-state index in [-0.39, 0.29) is 5.69 Å². The van der Waals surface area contributed by atoms with Crippen LogP contribution in [0.5, 0.6) is 0 Å². The van der Waals surface area contributed by atoms with Crippen molar-refractivity contribution in [3.63, 3.8) is 0 Å². The molecule has 1 aromatic rings. The summed E-state index contributed by atoms with van der Waals surface area (Å²) in [5.41, 5.74) is 0.0762. The van der Waals surface area contributed by atoms with E-state index < -0.39 is 29.3 Å². The molecule has 0 heterocycles. The van der Waals surface area contributed by atoms with Gasteiger partial charge in [0.1, 0.15) is 11.9 Å². The molecule has 1 aromatic carbocycles. The average Bonchev–Trinajstić information content (AvgIpc) is 2.28. The lowest BCUT2D eigenvalue weighted by Crippen LogP contribution is -2.50. The molecule has 0 saturated heterocycles. The van der Waals surface area contributed by atoms with Gasteiger partial charge in [-0.2, -0.15) is 0 Å². The number of amides is 2. The van der Waals surface area contributed by atoms with Gasteiger partial charge in [-0.25, -0.2) is 14.0 Å². The van der Waals surface area contributed by atoms with Crippen LogP contribution in [-0.2, 0) is 4.79 Å². The van der Waals surface area contributed by atoms with Gasteiger partial charge < -0.3 is 15.7 Å². The van der Waals surface area contributed by atoms with E-state index in [1.165, 1.54) is 12.1 Å². The highest BCUT2D eigenvalue weighted by atomic mass is 19.1. The van der Waals surface area contributed by atoms with E-state index in [1.54, 1.807) is 33.8 Å². The molecule has 1 atom stereocenters. The minimum Gasteiger partial charge on any atom is -0.480 e. The van der Waals surface area contributed by atoms with Gasteiger partial charge in [0.2, 0.25) is 0 Å². The van der Waals surface area contributed by atoms with Crippen LogP contribution in [-0.4, -0.2) is 23.1 Å². The summed E-state index contributed by atoms with van der Waals surface area (Å²) in [6.45, 7) is 6.81. The molecule has 5 nitrogen and oxygen atoms in total. The van der Waals surface area contributed by atoms with Crippen molar-refractivity contribution >= 4 is 17.7 Å². The largest absolute Gasteiger partial charge is 0.480 e. The number of carbonyl (C=O) groups is 2. The van der Waals surface area contributed by atoms with Crippen LogP contribution in [0.25, 0.3) is 0 Å². The van der Waals surface area contributed by atoms with Crippen molar-refractivity contribution in [3.8, 4) is 0 Å². The molecule has 0 spiro atoms. The molecule has 0 unspecified atom stereocenters. The number of aryl methyl sites for hydroxylation is 1. The van der Waals surface area contributed by atoms with Crippen LogP contribution >= 0.6 is 0 Å². The van der Waals surface area contributed by atoms with Gasteiger partial charge >= 0.3 is 12.0 Å². The number of halogens is 1. The van der Waals surface area contributed by atoms with Gasteiger partial charge in [0.15, 0.2) is 0 Å². The number of urea groups is 1. The average molecular weight is 282 g/mol. The maximum Gasteiger partial charge on any atom is 0.326 e. The number of hydrogen-bond donors (Lipinski definition) is 3. The number of carboxylic acid groups (broad SMARTS) is 1. The van der Waals surface area contributed by atoms with Crippen molar-refractivity contribution in [2.45, 2.75) is 33.7 Å². The number of aliphatic carboxylic acids is 1. The van der Waals surface area contributed by atoms with E-state index in [1.807, 2.05) is 0 Å². The molecule has 0 saturated carbocycles. The number of hydrogen-bond acceptors (Lipinski definition) is 2. The number of benzene rings is 1. The molecule has 1 rings (SSSR count). The van der Waals surface area contributed by atoms with Gasteiger partial charge in [-0.15, -0.1) is 0 Å². The Morgan fingerprint density at radius 1 is 1.30 bits per heavy atom. The SMILES string of the molecule is Cc1ccc(NC(=O)N[C@H](C(=O)O)C(C)(C)C)c(F)c1. The van der Waals surface area contributed by atoms with Crippen LogP contribution < -0.4 is 10.6 Å². The Morgan fingerprint density at radius 3 is 2.35 bits per heavy atom. The molecule has 3 N–H and O–H groups in total. The first-order chi connectivity index (χ1) is 9.11. The van der Waals surface area contributed by atoms with Crippen LogP contribution in [0.2, 0.25) is 0 Å². The molecule has 0 fully saturated rings. The van der Waals surface area contributed by atoms with E-state index >= 15 is 0 Å². The zero-order valence-electron chi connectivity index (χ0n) is 12.0. The fourth-order valence-electron chi connectivity index (χ4n) is 1.66. The number of rotatable bonds is 3. The summed E-state index contributed by atoms with van der Waals surface area (Å²) < 4.78 is 13.6. The van der Waals surface area contributed by atoms with E-state index in [0.717, 1.165) is 5.56 Å². The first-order valence-corrected chi connectivity index (χ1v) is 6.17. The number of anilines is 1. The van der Waals surface area contributed by atoms with Crippen molar-refractivity contribution in [2.24, 2.45) is 5.41 Å². The first-order valence-electron chi connectivity index (χ1n) is 6.17. The predicted octanol–water partition coefficient (Wildman–Crippen LogP) is 2.75. The second kappa shape index (κ2) is 5.90. The van der Waals surface area contributed by atoms with Crippen LogP contribution in [0.3, 0.4) is 0 Å². The summed E-state index contributed by atoms with van der Waals surface area (Å²) in [5.74, 6) is -1.71. The fraction of sp³-hybridized carbons (Fsp3) is 0.429. The van der Waals surface area contributed by atoms with Gasteiger partial charge in [-0.3, -0.25) is 0 Å². The monoisotopic (exact) mass is 282 g/mol. The van der Waals surface area contributed by atoms with Crippen molar-refractivity contribution in [3.05, 3.63) is 29.6 Å². The minimum absolute atomic E-state index is 0.00569. The number of carboxylic acids is 1. The zero-order chi connectivity index (χ0) is 15.5. The highest BCUT2D eigenvalue weighted by Gasteiger charge is 2.32. The maximum atomic E-state index is 13.6. The lowest BCUT2D eigenvalue weighted by molar-refractivity contribution is -0.141. The second-order valence-corrected chi connectivity index (χ2v) is 5.72. The minimum atomic E-state index is -1.14.